The molecule has 3 fully saturated rings. The third-order valence-electron chi connectivity index (χ3n) is 7.33. The van der Waals surface area contributed by atoms with E-state index in [1.54, 1.807) is 12.1 Å². The van der Waals surface area contributed by atoms with Gasteiger partial charge in [0.25, 0.3) is 5.91 Å². The number of nitrogens with one attached hydrogen (secondary N) is 1. The van der Waals surface area contributed by atoms with E-state index >= 15 is 0 Å². The molecule has 4 unspecified atom stereocenters. The minimum atomic E-state index is -1.18. The predicted molar refractivity (Wildman–Crippen MR) is 112 cm³/mol. The summed E-state index contributed by atoms with van der Waals surface area (Å²) in [7, 11) is 0. The first-order valence-electron chi connectivity index (χ1n) is 10.3. The number of halogens is 1. The number of carbonyl (C=O) groups excluding carboxylic acids is 3. The zero-order chi connectivity index (χ0) is 20.8. The molecule has 0 aliphatic carbocycles. The van der Waals surface area contributed by atoms with Crippen LogP contribution in [0.15, 0.2) is 42.5 Å². The van der Waals surface area contributed by atoms with Crippen molar-refractivity contribution in [3.8, 4) is 0 Å². The maximum absolute atomic E-state index is 13.8. The molecule has 6 rings (SSSR count). The Balaban J connectivity index is 1.59. The monoisotopic (exact) mass is 421 g/mol. The second kappa shape index (κ2) is 5.93. The number of nitrogens with zero attached hydrogens (tertiary/aromatic N) is 2. The number of fused-ring (bicyclic) bond motifs is 7. The van der Waals surface area contributed by atoms with Crippen LogP contribution in [0, 0.1) is 18.8 Å². The summed E-state index contributed by atoms with van der Waals surface area (Å²) >= 11 is 6.40. The van der Waals surface area contributed by atoms with Crippen LogP contribution in [0.25, 0.3) is 0 Å². The van der Waals surface area contributed by atoms with E-state index in [0.717, 1.165) is 18.4 Å². The molecule has 2 aromatic rings. The standard InChI is InChI=1S/C23H20ClN3O3/c1-12-6-2-3-9-15(12)27-20(28)17-16-10-5-11-26(16)23(18(17)21(27)29)13-7-4-8-14(24)19(13)25-22(23)30/h2-4,6-9,16-18H,5,10-11H2,1H3,(H,25,30). The van der Waals surface area contributed by atoms with Gasteiger partial charge in [0.15, 0.2) is 0 Å². The van der Waals surface area contributed by atoms with Gasteiger partial charge in [-0.3, -0.25) is 19.3 Å². The number of amides is 3. The van der Waals surface area contributed by atoms with Crippen molar-refractivity contribution in [3.05, 3.63) is 58.6 Å². The molecule has 2 aromatic carbocycles. The van der Waals surface area contributed by atoms with E-state index in [0.29, 0.717) is 28.5 Å². The average Bonchev–Trinajstić information content (AvgIpc) is 3.42. The number of anilines is 2. The van der Waals surface area contributed by atoms with Crippen molar-refractivity contribution >= 4 is 40.7 Å². The largest absolute Gasteiger partial charge is 0.323 e. The SMILES string of the molecule is Cc1ccccc1N1C(=O)C2C3CCCN3C3(C(=O)Nc4c(Cl)cccc43)C2C1=O. The highest BCUT2D eigenvalue weighted by Gasteiger charge is 2.74. The molecule has 7 heteroatoms. The van der Waals surface area contributed by atoms with E-state index < -0.39 is 17.4 Å². The highest BCUT2D eigenvalue weighted by Crippen LogP contribution is 2.61. The van der Waals surface area contributed by atoms with E-state index in [1.165, 1.54) is 4.90 Å². The highest BCUT2D eigenvalue weighted by molar-refractivity contribution is 6.35. The van der Waals surface area contributed by atoms with Crippen LogP contribution in [-0.2, 0) is 19.9 Å². The molecule has 6 nitrogen and oxygen atoms in total. The van der Waals surface area contributed by atoms with Crippen molar-refractivity contribution in [1.82, 2.24) is 4.90 Å². The van der Waals surface area contributed by atoms with E-state index in [4.69, 9.17) is 11.6 Å². The van der Waals surface area contributed by atoms with E-state index in [1.807, 2.05) is 37.3 Å². The Morgan fingerprint density at radius 2 is 1.87 bits per heavy atom. The number of imide groups is 1. The van der Waals surface area contributed by atoms with E-state index in [9.17, 15) is 14.4 Å². The molecule has 30 heavy (non-hydrogen) atoms. The maximum Gasteiger partial charge on any atom is 0.250 e. The van der Waals surface area contributed by atoms with Gasteiger partial charge in [0.2, 0.25) is 11.8 Å². The predicted octanol–water partition coefficient (Wildman–Crippen LogP) is 3.08. The quantitative estimate of drug-likeness (QED) is 0.718. The van der Waals surface area contributed by atoms with Crippen molar-refractivity contribution in [2.24, 2.45) is 11.8 Å². The lowest BCUT2D eigenvalue weighted by Gasteiger charge is -2.36. The Morgan fingerprint density at radius 3 is 2.67 bits per heavy atom. The maximum atomic E-state index is 13.8. The minimum Gasteiger partial charge on any atom is -0.323 e. The van der Waals surface area contributed by atoms with Crippen LogP contribution < -0.4 is 10.2 Å². The van der Waals surface area contributed by atoms with Gasteiger partial charge in [0, 0.05) is 11.6 Å². The van der Waals surface area contributed by atoms with Gasteiger partial charge >= 0.3 is 0 Å². The first kappa shape index (κ1) is 18.1. The van der Waals surface area contributed by atoms with Crippen molar-refractivity contribution in [3.63, 3.8) is 0 Å². The fourth-order valence-electron chi connectivity index (χ4n) is 6.25. The summed E-state index contributed by atoms with van der Waals surface area (Å²) in [6.45, 7) is 2.57. The fraction of sp³-hybridized carbons (Fsp3) is 0.348. The van der Waals surface area contributed by atoms with Gasteiger partial charge in [-0.1, -0.05) is 41.9 Å². The van der Waals surface area contributed by atoms with E-state index in [-0.39, 0.29) is 23.8 Å². The molecular weight excluding hydrogens is 402 g/mol. The number of aryl methyl sites for hydroxylation is 1. The Labute approximate surface area is 178 Å². The van der Waals surface area contributed by atoms with Gasteiger partial charge in [-0.15, -0.1) is 0 Å². The summed E-state index contributed by atoms with van der Waals surface area (Å²) in [5.74, 6) is -2.03. The molecule has 4 heterocycles. The number of carbonyl (C=O) groups is 3. The summed E-state index contributed by atoms with van der Waals surface area (Å²) in [6, 6.07) is 12.7. The molecule has 3 amide bonds. The molecule has 1 N–H and O–H groups in total. The summed E-state index contributed by atoms with van der Waals surface area (Å²) in [5, 5.41) is 3.38. The molecule has 1 spiro atoms. The van der Waals surface area contributed by atoms with Crippen LogP contribution in [0.3, 0.4) is 0 Å². The van der Waals surface area contributed by atoms with Gasteiger partial charge in [0.05, 0.1) is 28.2 Å². The number of benzene rings is 2. The zero-order valence-corrected chi connectivity index (χ0v) is 17.1. The third kappa shape index (κ3) is 1.92. The molecule has 0 radical (unpaired) electrons. The number of hydrogen-bond acceptors (Lipinski definition) is 4. The Kier molecular flexibility index (Phi) is 3.58. The molecule has 0 saturated carbocycles. The molecule has 0 aromatic heterocycles. The van der Waals surface area contributed by atoms with Crippen molar-refractivity contribution in [2.45, 2.75) is 31.3 Å². The molecule has 4 aliphatic rings. The van der Waals surface area contributed by atoms with E-state index in [2.05, 4.69) is 10.2 Å². The van der Waals surface area contributed by atoms with Crippen molar-refractivity contribution in [2.75, 3.05) is 16.8 Å². The summed E-state index contributed by atoms with van der Waals surface area (Å²) in [6.07, 6.45) is 1.69. The average molecular weight is 422 g/mol. The van der Waals surface area contributed by atoms with Gasteiger partial charge in [0.1, 0.15) is 5.54 Å². The number of rotatable bonds is 1. The molecule has 152 valence electrons. The molecule has 3 saturated heterocycles. The normalized spacial score (nSPS) is 32.0. The second-order valence-corrected chi connectivity index (χ2v) is 8.99. The lowest BCUT2D eigenvalue weighted by molar-refractivity contribution is -0.135. The second-order valence-electron chi connectivity index (χ2n) is 8.59. The topological polar surface area (TPSA) is 69.7 Å². The Hall–Kier alpha value is -2.70. The van der Waals surface area contributed by atoms with Gasteiger partial charge < -0.3 is 5.32 Å². The first-order valence-corrected chi connectivity index (χ1v) is 10.7. The summed E-state index contributed by atoms with van der Waals surface area (Å²) in [4.78, 5) is 44.5. The first-order chi connectivity index (χ1) is 14.5. The lowest BCUT2D eigenvalue weighted by atomic mass is 9.75. The van der Waals surface area contributed by atoms with Gasteiger partial charge in [-0.2, -0.15) is 0 Å². The van der Waals surface area contributed by atoms with Crippen LogP contribution in [0.1, 0.15) is 24.0 Å². The van der Waals surface area contributed by atoms with Crippen LogP contribution in [0.4, 0.5) is 11.4 Å². The zero-order valence-electron chi connectivity index (χ0n) is 16.4. The number of para-hydroxylation sites is 2. The van der Waals surface area contributed by atoms with Gasteiger partial charge in [-0.05, 0) is 44.0 Å². The van der Waals surface area contributed by atoms with Crippen LogP contribution in [0.2, 0.25) is 5.02 Å². The minimum absolute atomic E-state index is 0.129. The number of hydrogen-bond donors (Lipinski definition) is 1. The Morgan fingerprint density at radius 1 is 1.07 bits per heavy atom. The molecule has 4 atom stereocenters. The van der Waals surface area contributed by atoms with Crippen LogP contribution in [0.5, 0.6) is 0 Å². The Bertz CT molecular complexity index is 1150. The van der Waals surface area contributed by atoms with Crippen LogP contribution in [-0.4, -0.2) is 35.2 Å². The molecule has 4 aliphatic heterocycles. The summed E-state index contributed by atoms with van der Waals surface area (Å²) in [5.41, 5.74) is 1.55. The lowest BCUT2D eigenvalue weighted by Crippen LogP contribution is -2.54. The highest BCUT2D eigenvalue weighted by atomic mass is 35.5. The summed E-state index contributed by atoms with van der Waals surface area (Å²) < 4.78 is 0. The molecular formula is C23H20ClN3O3. The fourth-order valence-corrected chi connectivity index (χ4v) is 6.47. The van der Waals surface area contributed by atoms with Crippen molar-refractivity contribution < 1.29 is 14.4 Å². The van der Waals surface area contributed by atoms with Crippen molar-refractivity contribution in [1.29, 1.82) is 0 Å². The van der Waals surface area contributed by atoms with Crippen LogP contribution >= 0.6 is 11.6 Å². The smallest absolute Gasteiger partial charge is 0.250 e. The third-order valence-corrected chi connectivity index (χ3v) is 7.65. The molecule has 0 bridgehead atoms. The van der Waals surface area contributed by atoms with Gasteiger partial charge in [-0.25, -0.2) is 4.90 Å².